The minimum Gasteiger partial charge on any atom is -0.496 e. The van der Waals surface area contributed by atoms with Crippen molar-refractivity contribution in [2.75, 3.05) is 13.7 Å². The molecule has 1 aromatic heterocycles. The molecule has 2 atom stereocenters. The highest BCUT2D eigenvalue weighted by molar-refractivity contribution is 5.97. The molecule has 1 aliphatic rings. The Morgan fingerprint density at radius 1 is 1.05 bits per heavy atom. The molecule has 0 saturated carbocycles. The summed E-state index contributed by atoms with van der Waals surface area (Å²) < 4.78 is 18.0. The normalized spacial score (nSPS) is 13.1. The van der Waals surface area contributed by atoms with Crippen LogP contribution in [-0.2, 0) is 6.54 Å². The van der Waals surface area contributed by atoms with E-state index in [-0.39, 0.29) is 5.91 Å². The molecule has 3 rings (SSSR count). The molecule has 2 unspecified atom stereocenters. The van der Waals surface area contributed by atoms with Crippen LogP contribution in [0.5, 0.6) is 5.75 Å². The summed E-state index contributed by atoms with van der Waals surface area (Å²) >= 11 is 0. The summed E-state index contributed by atoms with van der Waals surface area (Å²) in [5.41, 5.74) is 2.14. The summed E-state index contributed by atoms with van der Waals surface area (Å²) in [6.45, 7) is 16.0. The number of aliphatic hydroxyl groups excluding tert-OH is 1. The number of carbonyl (C=O) groups is 1. The fourth-order valence-corrected chi connectivity index (χ4v) is 3.43. The van der Waals surface area contributed by atoms with Crippen molar-refractivity contribution in [3.8, 4) is 5.75 Å². The van der Waals surface area contributed by atoms with Crippen LogP contribution in [0.2, 0.25) is 0 Å². The molecule has 1 N–H and O–H groups in total. The van der Waals surface area contributed by atoms with E-state index >= 15 is 0 Å². The highest BCUT2D eigenvalue weighted by Crippen LogP contribution is 2.22. The van der Waals surface area contributed by atoms with Crippen LogP contribution in [0.3, 0.4) is 0 Å². The van der Waals surface area contributed by atoms with Crippen LogP contribution < -0.4 is 4.74 Å². The predicted molar refractivity (Wildman–Crippen MR) is 157 cm³/mol. The summed E-state index contributed by atoms with van der Waals surface area (Å²) in [6, 6.07) is 9.17. The number of amides is 1. The average Bonchev–Trinajstić information content (AvgIpc) is 3.25. The van der Waals surface area contributed by atoms with Gasteiger partial charge in [0, 0.05) is 6.54 Å². The van der Waals surface area contributed by atoms with Gasteiger partial charge in [-0.1, -0.05) is 98.3 Å². The molecule has 0 spiro atoms. The van der Waals surface area contributed by atoms with Gasteiger partial charge in [0.15, 0.2) is 0 Å². The molecule has 6 heteroatoms. The maximum absolute atomic E-state index is 13.0. The van der Waals surface area contributed by atoms with E-state index in [4.69, 9.17) is 4.74 Å². The highest BCUT2D eigenvalue weighted by atomic mass is 19.1. The number of aliphatic hydroxyl groups is 1. The Labute approximate surface area is 231 Å². The third kappa shape index (κ3) is 14.5. The number of para-hydroxylation sites is 1. The Morgan fingerprint density at radius 3 is 2.21 bits per heavy atom. The molecule has 216 valence electrons. The maximum Gasteiger partial charge on any atom is 0.256 e. The van der Waals surface area contributed by atoms with Gasteiger partial charge in [-0.15, -0.1) is 0 Å². The zero-order valence-electron chi connectivity index (χ0n) is 25.2. The van der Waals surface area contributed by atoms with Crippen molar-refractivity contribution in [2.45, 2.75) is 112 Å². The van der Waals surface area contributed by atoms with E-state index in [1.165, 1.54) is 50.2 Å². The number of carbonyl (C=O) groups excluding carboxylic acids is 1. The Morgan fingerprint density at radius 2 is 1.71 bits per heavy atom. The second kappa shape index (κ2) is 21.5. The molecule has 1 amide bonds. The largest absolute Gasteiger partial charge is 0.496 e. The van der Waals surface area contributed by atoms with E-state index in [0.29, 0.717) is 37.2 Å². The first kappa shape index (κ1) is 35.5. The second-order valence-corrected chi connectivity index (χ2v) is 9.85. The molecule has 0 fully saturated rings. The first-order valence-corrected chi connectivity index (χ1v) is 14.4. The number of aromatic nitrogens is 1. The van der Waals surface area contributed by atoms with Crippen molar-refractivity contribution in [1.82, 2.24) is 9.88 Å². The lowest BCUT2D eigenvalue weighted by molar-refractivity contribution is 0.0736. The van der Waals surface area contributed by atoms with Crippen LogP contribution >= 0.6 is 0 Å². The number of nitrogens with zero attached hydrogens (tertiary/aromatic N) is 2. The molecule has 2 aromatic rings. The molecular weight excluding hydrogens is 479 g/mol. The number of halogens is 1. The Bertz CT molecular complexity index is 889. The van der Waals surface area contributed by atoms with Crippen LogP contribution in [0.4, 0.5) is 4.39 Å². The predicted octanol–water partition coefficient (Wildman–Crippen LogP) is 8.37. The fraction of sp³-hybridized carbons (Fsp3) is 0.625. The number of benzene rings is 1. The summed E-state index contributed by atoms with van der Waals surface area (Å²) in [6.07, 6.45) is 10.1. The van der Waals surface area contributed by atoms with Crippen molar-refractivity contribution < 1.29 is 19.0 Å². The number of aryl methyl sites for hydroxylation is 1. The average molecular weight is 533 g/mol. The Kier molecular flexibility index (Phi) is 20.1. The quantitative estimate of drug-likeness (QED) is 0.334. The van der Waals surface area contributed by atoms with Gasteiger partial charge in [0.25, 0.3) is 5.91 Å². The van der Waals surface area contributed by atoms with Crippen LogP contribution in [0.25, 0.3) is 0 Å². The van der Waals surface area contributed by atoms with E-state index < -0.39 is 11.9 Å². The fourth-order valence-electron chi connectivity index (χ4n) is 3.43. The topological polar surface area (TPSA) is 62.7 Å². The van der Waals surface area contributed by atoms with Crippen LogP contribution in [0, 0.1) is 18.7 Å². The van der Waals surface area contributed by atoms with Crippen molar-refractivity contribution in [2.24, 2.45) is 5.92 Å². The molecule has 0 radical (unpaired) electrons. The Hall–Kier alpha value is -2.47. The van der Waals surface area contributed by atoms with E-state index in [9.17, 15) is 14.3 Å². The van der Waals surface area contributed by atoms with Crippen molar-refractivity contribution in [3.05, 3.63) is 59.2 Å². The lowest BCUT2D eigenvalue weighted by atomic mass is 10.0. The number of ether oxygens (including phenoxy) is 1. The van der Waals surface area contributed by atoms with Gasteiger partial charge in [-0.25, -0.2) is 4.39 Å². The number of fused-ring (bicyclic) bond motifs is 1. The molecule has 38 heavy (non-hydrogen) atoms. The monoisotopic (exact) mass is 532 g/mol. The standard InChI is InChI=1S/C12H15FN2O2.C8H10O.C8H18.C4H10/c1-2-9(16)3-4-15-7-11-10(12(15)17)5-8(13)6-14-11;1-7-5-3-4-6-8(7)9-2;1-4-6-7-8(3)5-2;1-3-4-2/h5-6,9,16H,2-4,7H2,1H3;3-6H,1-2H3;8H,4-7H2,1-3H3;3-4H2,1-2H3. The number of hydrogen-bond acceptors (Lipinski definition) is 4. The number of methoxy groups -OCH3 is 1. The lowest BCUT2D eigenvalue weighted by Gasteiger charge is -2.16. The van der Waals surface area contributed by atoms with Gasteiger partial charge >= 0.3 is 0 Å². The summed E-state index contributed by atoms with van der Waals surface area (Å²) in [5, 5.41) is 9.45. The summed E-state index contributed by atoms with van der Waals surface area (Å²) in [7, 11) is 1.68. The zero-order valence-corrected chi connectivity index (χ0v) is 25.2. The van der Waals surface area contributed by atoms with E-state index in [1.54, 1.807) is 12.0 Å². The molecule has 0 aliphatic carbocycles. The summed E-state index contributed by atoms with van der Waals surface area (Å²) in [5.74, 6) is 1.22. The van der Waals surface area contributed by atoms with Crippen LogP contribution in [0.1, 0.15) is 115 Å². The molecule has 5 nitrogen and oxygen atoms in total. The zero-order chi connectivity index (χ0) is 28.9. The van der Waals surface area contributed by atoms with E-state index in [0.717, 1.165) is 17.9 Å². The van der Waals surface area contributed by atoms with Crippen molar-refractivity contribution >= 4 is 5.91 Å². The summed E-state index contributed by atoms with van der Waals surface area (Å²) in [4.78, 5) is 17.4. The van der Waals surface area contributed by atoms with Crippen molar-refractivity contribution in [3.63, 3.8) is 0 Å². The lowest BCUT2D eigenvalue weighted by Crippen LogP contribution is -2.27. The van der Waals surface area contributed by atoms with E-state index in [2.05, 4.69) is 39.6 Å². The number of rotatable bonds is 10. The Balaban J connectivity index is 0.000000551. The van der Waals surface area contributed by atoms with Gasteiger partial charge in [0.2, 0.25) is 0 Å². The van der Waals surface area contributed by atoms with Gasteiger partial charge in [0.1, 0.15) is 11.6 Å². The van der Waals surface area contributed by atoms with Gasteiger partial charge in [-0.2, -0.15) is 0 Å². The number of pyridine rings is 1. The molecule has 2 heterocycles. The van der Waals surface area contributed by atoms with Gasteiger partial charge in [-0.05, 0) is 43.4 Å². The minimum atomic E-state index is -0.493. The smallest absolute Gasteiger partial charge is 0.256 e. The number of unbranched alkanes of at least 4 members (excludes halogenated alkanes) is 2. The first-order valence-electron chi connectivity index (χ1n) is 14.4. The maximum atomic E-state index is 13.0. The molecule has 1 aromatic carbocycles. The van der Waals surface area contributed by atoms with Gasteiger partial charge in [-0.3, -0.25) is 9.78 Å². The van der Waals surface area contributed by atoms with E-state index in [1.807, 2.05) is 38.1 Å². The first-order chi connectivity index (χ1) is 18.2. The molecular formula is C32H53FN2O3. The number of hydrogen-bond donors (Lipinski definition) is 1. The van der Waals surface area contributed by atoms with Crippen LogP contribution in [-0.4, -0.2) is 40.7 Å². The highest BCUT2D eigenvalue weighted by Gasteiger charge is 2.28. The third-order valence-corrected chi connectivity index (χ3v) is 6.56. The SMILES string of the molecule is CCC(O)CCN1Cc2ncc(F)cc2C1=O.CCCC.CCCCC(C)CC.COc1ccccc1C. The van der Waals surface area contributed by atoms with Crippen LogP contribution in [0.15, 0.2) is 36.5 Å². The van der Waals surface area contributed by atoms with Gasteiger partial charge < -0.3 is 14.7 Å². The molecule has 0 bridgehead atoms. The molecule has 0 saturated heterocycles. The minimum absolute atomic E-state index is 0.199. The van der Waals surface area contributed by atoms with Crippen molar-refractivity contribution in [1.29, 1.82) is 0 Å². The molecule has 1 aliphatic heterocycles. The van der Waals surface area contributed by atoms with Gasteiger partial charge in [0.05, 0.1) is 37.2 Å². The third-order valence-electron chi connectivity index (χ3n) is 6.56. The second-order valence-electron chi connectivity index (χ2n) is 9.85.